The molecule has 0 radical (unpaired) electrons. The maximum Gasteiger partial charge on any atom is 0.302 e. The molecule has 5 aliphatic carbocycles. The van der Waals surface area contributed by atoms with Gasteiger partial charge in [0.25, 0.3) is 0 Å². The fourth-order valence-corrected chi connectivity index (χ4v) is 14.5. The molecular formula is C44H70O14. The first-order chi connectivity index (χ1) is 27.0. The van der Waals surface area contributed by atoms with E-state index < -0.39 is 97.2 Å². The third-order valence-electron chi connectivity index (χ3n) is 18.2. The number of carbonyl (C=O) groups excluding carboxylic acids is 1. The molecule has 3 aliphatic heterocycles. The lowest BCUT2D eigenvalue weighted by molar-refractivity contribution is -0.367. The van der Waals surface area contributed by atoms with Crippen LogP contribution in [0.5, 0.6) is 0 Å². The van der Waals surface area contributed by atoms with Gasteiger partial charge in [0.1, 0.15) is 42.7 Å². The second-order valence-electron chi connectivity index (χ2n) is 21.6. The topological polar surface area (TPSA) is 214 Å². The lowest BCUT2D eigenvalue weighted by atomic mass is 9.32. The Hall–Kier alpha value is -1.27. The largest absolute Gasteiger partial charge is 0.465 e. The van der Waals surface area contributed by atoms with Crippen molar-refractivity contribution in [3.05, 3.63) is 12.2 Å². The SMILES string of the molecule is CC(=O)OC[C@@]1(C)[C@@H]2CC[C@]3(C)[C@H](C=C[C@]45OC[C@@]6(CCC(C)(C)C[C@@H]64)[C@@H](O)C[C@]53C)[C@@]2(C)CC[C@@H]1O[C@@H]1O[C@H](C)[C@H](O)[C@H](O[C@@H]2O[C@H](CO)[C@@H](O)[C@H](O)[C@H]2O)[C@H]1O. The fourth-order valence-electron chi connectivity index (χ4n) is 14.5. The number of carbonyl (C=O) groups is 1. The van der Waals surface area contributed by atoms with Crippen LogP contribution in [-0.2, 0) is 33.2 Å². The highest BCUT2D eigenvalue weighted by Gasteiger charge is 2.79. The monoisotopic (exact) mass is 822 g/mol. The number of aliphatic hydroxyl groups is 7. The van der Waals surface area contributed by atoms with Crippen LogP contribution in [0.4, 0.5) is 0 Å². The molecule has 0 aromatic rings. The van der Waals surface area contributed by atoms with Gasteiger partial charge >= 0.3 is 5.97 Å². The van der Waals surface area contributed by atoms with Crippen molar-refractivity contribution in [1.29, 1.82) is 0 Å². The second-order valence-corrected chi connectivity index (χ2v) is 21.6. The number of allylic oxidation sites excluding steroid dienone is 1. The molecule has 0 amide bonds. The summed E-state index contributed by atoms with van der Waals surface area (Å²) in [6, 6.07) is 0. The Morgan fingerprint density at radius 3 is 2.19 bits per heavy atom. The van der Waals surface area contributed by atoms with E-state index in [1.165, 1.54) is 6.92 Å². The van der Waals surface area contributed by atoms with Gasteiger partial charge in [-0.05, 0) is 86.4 Å². The number of hydrogen-bond donors (Lipinski definition) is 7. The summed E-state index contributed by atoms with van der Waals surface area (Å²) in [4.78, 5) is 12.5. The molecule has 1 spiro atoms. The standard InChI is InChI=1S/C44H70O14/c1-22-30(48)35(58-36-33(51)32(50)31(49)24(19-45)56-36)34(52)37(55-22)57-29-11-12-39(5)25(40(29,6)20-53-23(2)46)9-13-41(7)26(39)10-14-44-27-17-38(3,4)15-16-43(27,21-54-44)28(47)18-42(41,44)8/h10,14,22,24-37,45,47-52H,9,11-13,15-21H2,1-8H3/t22-,24-,25-,26-,27+,28+,29+,30+,31-,32+,33-,34-,35+,36+,37+,39+,40+,41-,42+,43-,44+/m1/s1. The predicted octanol–water partition coefficient (Wildman–Crippen LogP) is 2.35. The van der Waals surface area contributed by atoms with Gasteiger partial charge in [0.2, 0.25) is 0 Å². The van der Waals surface area contributed by atoms with E-state index in [0.29, 0.717) is 19.4 Å². The van der Waals surface area contributed by atoms with Gasteiger partial charge in [-0.2, -0.15) is 0 Å². The summed E-state index contributed by atoms with van der Waals surface area (Å²) in [5, 5.41) is 76.1. The predicted molar refractivity (Wildman–Crippen MR) is 206 cm³/mol. The molecule has 21 atom stereocenters. The van der Waals surface area contributed by atoms with E-state index in [2.05, 4.69) is 53.7 Å². The summed E-state index contributed by atoms with van der Waals surface area (Å²) >= 11 is 0. The molecule has 3 heterocycles. The highest BCUT2D eigenvalue weighted by atomic mass is 16.7. The molecule has 3 saturated heterocycles. The summed E-state index contributed by atoms with van der Waals surface area (Å²) in [5.41, 5.74) is -2.08. The van der Waals surface area contributed by atoms with Crippen molar-refractivity contribution in [3.63, 3.8) is 0 Å². The van der Waals surface area contributed by atoms with E-state index in [0.717, 1.165) is 38.5 Å². The molecule has 14 heteroatoms. The van der Waals surface area contributed by atoms with Gasteiger partial charge in [-0.25, -0.2) is 0 Å². The average molecular weight is 823 g/mol. The van der Waals surface area contributed by atoms with Crippen molar-refractivity contribution >= 4 is 5.97 Å². The Morgan fingerprint density at radius 1 is 0.793 bits per heavy atom. The van der Waals surface area contributed by atoms with Crippen LogP contribution < -0.4 is 0 Å². The fraction of sp³-hybridized carbons (Fsp3) is 0.932. The summed E-state index contributed by atoms with van der Waals surface area (Å²) < 4.78 is 37.3. The highest BCUT2D eigenvalue weighted by molar-refractivity contribution is 5.66. The van der Waals surface area contributed by atoms with E-state index >= 15 is 0 Å². The van der Waals surface area contributed by atoms with Crippen LogP contribution in [0.15, 0.2) is 12.2 Å². The number of esters is 1. The quantitative estimate of drug-likeness (QED) is 0.112. The number of ether oxygens (including phenoxy) is 6. The lowest BCUT2D eigenvalue weighted by Crippen LogP contribution is -2.72. The first-order valence-corrected chi connectivity index (χ1v) is 21.8. The van der Waals surface area contributed by atoms with E-state index in [1.54, 1.807) is 6.92 Å². The molecule has 0 aromatic carbocycles. The first-order valence-electron chi connectivity index (χ1n) is 21.8. The molecule has 7 N–H and O–H groups in total. The zero-order valence-corrected chi connectivity index (χ0v) is 35.6. The Kier molecular flexibility index (Phi) is 10.8. The van der Waals surface area contributed by atoms with E-state index in [1.807, 2.05) is 0 Å². The summed E-state index contributed by atoms with van der Waals surface area (Å²) in [5.74, 6) is -0.0524. The third kappa shape index (κ3) is 5.97. The lowest BCUT2D eigenvalue weighted by Gasteiger charge is -2.73. The van der Waals surface area contributed by atoms with E-state index in [9.17, 15) is 40.5 Å². The summed E-state index contributed by atoms with van der Waals surface area (Å²) in [6.45, 7) is 17.0. The van der Waals surface area contributed by atoms with Crippen LogP contribution in [0.2, 0.25) is 0 Å². The average Bonchev–Trinajstić information content (AvgIpc) is 3.44. The van der Waals surface area contributed by atoms with Crippen molar-refractivity contribution < 1.29 is 69.0 Å². The molecular weight excluding hydrogens is 752 g/mol. The van der Waals surface area contributed by atoms with Crippen LogP contribution in [-0.4, -0.2) is 141 Å². The number of fused-ring (bicyclic) bond motifs is 4. The summed E-state index contributed by atoms with van der Waals surface area (Å²) in [6.07, 6.45) is -3.87. The van der Waals surface area contributed by atoms with Crippen LogP contribution in [0, 0.1) is 50.2 Å². The van der Waals surface area contributed by atoms with Crippen molar-refractivity contribution in [1.82, 2.24) is 0 Å². The van der Waals surface area contributed by atoms with Gasteiger partial charge in [0.15, 0.2) is 12.6 Å². The zero-order chi connectivity index (χ0) is 42.2. The minimum Gasteiger partial charge on any atom is -0.465 e. The van der Waals surface area contributed by atoms with Gasteiger partial charge in [-0.15, -0.1) is 0 Å². The van der Waals surface area contributed by atoms with Crippen LogP contribution in [0.25, 0.3) is 0 Å². The van der Waals surface area contributed by atoms with Crippen LogP contribution in [0.3, 0.4) is 0 Å². The normalized spacial score (nSPS) is 57.1. The minimum absolute atomic E-state index is 0.00843. The smallest absolute Gasteiger partial charge is 0.302 e. The van der Waals surface area contributed by atoms with Crippen LogP contribution in [0.1, 0.15) is 107 Å². The molecule has 14 nitrogen and oxygen atoms in total. The molecule has 8 rings (SSSR count). The van der Waals surface area contributed by atoms with Gasteiger partial charge in [-0.3, -0.25) is 4.79 Å². The Morgan fingerprint density at radius 2 is 1.50 bits per heavy atom. The Balaban J connectivity index is 1.08. The van der Waals surface area contributed by atoms with Gasteiger partial charge < -0.3 is 64.2 Å². The molecule has 330 valence electrons. The van der Waals surface area contributed by atoms with Crippen molar-refractivity contribution in [2.45, 2.75) is 186 Å². The van der Waals surface area contributed by atoms with Crippen molar-refractivity contribution in [3.8, 4) is 0 Å². The molecule has 2 bridgehead atoms. The van der Waals surface area contributed by atoms with E-state index in [4.69, 9.17) is 28.4 Å². The molecule has 8 aliphatic rings. The van der Waals surface area contributed by atoms with Crippen LogP contribution >= 0.6 is 0 Å². The second kappa shape index (κ2) is 14.4. The number of rotatable bonds is 7. The maximum absolute atomic E-state index is 12.5. The number of hydrogen-bond acceptors (Lipinski definition) is 14. The molecule has 0 aromatic heterocycles. The molecule has 7 fully saturated rings. The Bertz CT molecular complexity index is 1610. The van der Waals surface area contributed by atoms with Crippen molar-refractivity contribution in [2.75, 3.05) is 19.8 Å². The zero-order valence-electron chi connectivity index (χ0n) is 35.6. The van der Waals surface area contributed by atoms with Crippen molar-refractivity contribution in [2.24, 2.45) is 50.2 Å². The molecule has 0 unspecified atom stereocenters. The molecule has 4 saturated carbocycles. The maximum atomic E-state index is 12.5. The highest BCUT2D eigenvalue weighted by Crippen LogP contribution is 2.79. The minimum atomic E-state index is -1.74. The first kappa shape index (κ1) is 43.4. The Labute approximate surface area is 342 Å². The van der Waals surface area contributed by atoms with Gasteiger partial charge in [-0.1, -0.05) is 53.7 Å². The summed E-state index contributed by atoms with van der Waals surface area (Å²) in [7, 11) is 0. The third-order valence-corrected chi connectivity index (χ3v) is 18.2. The van der Waals surface area contributed by atoms with Gasteiger partial charge in [0.05, 0.1) is 43.7 Å². The number of aliphatic hydroxyl groups excluding tert-OH is 7. The molecule has 58 heavy (non-hydrogen) atoms. The van der Waals surface area contributed by atoms with Gasteiger partial charge in [0, 0.05) is 29.1 Å². The van der Waals surface area contributed by atoms with E-state index in [-0.39, 0.29) is 51.4 Å².